The number of aromatic nitrogens is 1. The van der Waals surface area contributed by atoms with Crippen molar-refractivity contribution in [3.05, 3.63) is 72.8 Å². The number of hydrogen-bond donors (Lipinski definition) is 3. The van der Waals surface area contributed by atoms with Gasteiger partial charge in [0.15, 0.2) is 0 Å². The number of anilines is 2. The average molecular weight is 387 g/mol. The van der Waals surface area contributed by atoms with Crippen LogP contribution in [0.4, 0.5) is 16.2 Å². The normalized spacial score (nSPS) is 10.6. The molecule has 0 atom stereocenters. The lowest BCUT2D eigenvalue weighted by Crippen LogP contribution is -2.20. The smallest absolute Gasteiger partial charge is 0.323 e. The van der Waals surface area contributed by atoms with E-state index in [4.69, 9.17) is 9.47 Å². The molecule has 6 heteroatoms. The molecule has 0 aliphatic rings. The van der Waals surface area contributed by atoms with Crippen LogP contribution in [0, 0.1) is 0 Å². The van der Waals surface area contributed by atoms with Crippen LogP contribution >= 0.6 is 0 Å². The second kappa shape index (κ2) is 7.98. The van der Waals surface area contributed by atoms with E-state index < -0.39 is 0 Å². The molecule has 0 aliphatic heterocycles. The third kappa shape index (κ3) is 3.87. The first-order valence-corrected chi connectivity index (χ1v) is 9.15. The summed E-state index contributed by atoms with van der Waals surface area (Å²) in [4.78, 5) is 16.0. The van der Waals surface area contributed by atoms with Crippen molar-refractivity contribution in [2.24, 2.45) is 0 Å². The fraction of sp³-hybridized carbons (Fsp3) is 0.0870. The Morgan fingerprint density at radius 1 is 0.828 bits per heavy atom. The van der Waals surface area contributed by atoms with Gasteiger partial charge in [0.05, 0.1) is 25.6 Å². The Kier molecular flexibility index (Phi) is 5.07. The minimum atomic E-state index is -0.364. The van der Waals surface area contributed by atoms with Crippen molar-refractivity contribution in [2.45, 2.75) is 0 Å². The molecule has 146 valence electrons. The number of H-pyrrole nitrogens is 1. The molecule has 0 saturated heterocycles. The molecule has 3 N–H and O–H groups in total. The van der Waals surface area contributed by atoms with Gasteiger partial charge in [-0.2, -0.15) is 0 Å². The van der Waals surface area contributed by atoms with Crippen molar-refractivity contribution in [2.75, 3.05) is 24.9 Å². The Labute approximate surface area is 168 Å². The summed E-state index contributed by atoms with van der Waals surface area (Å²) in [5.74, 6) is 1.17. The van der Waals surface area contributed by atoms with Gasteiger partial charge in [0.2, 0.25) is 0 Å². The highest BCUT2D eigenvalue weighted by Gasteiger charge is 2.13. The Hall–Kier alpha value is -3.93. The number of rotatable bonds is 5. The zero-order valence-corrected chi connectivity index (χ0v) is 16.2. The van der Waals surface area contributed by atoms with E-state index in [1.165, 1.54) is 0 Å². The molecule has 1 aromatic heterocycles. The number of carbonyl (C=O) groups excluding carboxylic acids is 1. The SMILES string of the molecule is COc1ccc(NC(=O)Nc2ccccc2-c2cc3ccccc3[nH]2)c(OC)c1. The summed E-state index contributed by atoms with van der Waals surface area (Å²) in [6.45, 7) is 0. The lowest BCUT2D eigenvalue weighted by Gasteiger charge is -2.14. The van der Waals surface area contributed by atoms with Crippen LogP contribution in [0.3, 0.4) is 0 Å². The van der Waals surface area contributed by atoms with Gasteiger partial charge in [-0.1, -0.05) is 36.4 Å². The Morgan fingerprint density at radius 2 is 1.59 bits per heavy atom. The third-order valence-electron chi connectivity index (χ3n) is 4.65. The second-order valence-corrected chi connectivity index (χ2v) is 6.46. The average Bonchev–Trinajstić information content (AvgIpc) is 3.18. The first kappa shape index (κ1) is 18.4. The van der Waals surface area contributed by atoms with E-state index in [1.807, 2.05) is 48.5 Å². The second-order valence-electron chi connectivity index (χ2n) is 6.46. The van der Waals surface area contributed by atoms with Gasteiger partial charge in [-0.05, 0) is 30.3 Å². The van der Waals surface area contributed by atoms with Crippen LogP contribution in [0.1, 0.15) is 0 Å². The summed E-state index contributed by atoms with van der Waals surface area (Å²) in [6, 6.07) is 22.6. The van der Waals surface area contributed by atoms with Gasteiger partial charge in [0, 0.05) is 28.2 Å². The molecule has 0 radical (unpaired) electrons. The summed E-state index contributed by atoms with van der Waals surface area (Å²) in [6.07, 6.45) is 0. The van der Waals surface area contributed by atoms with Crippen LogP contribution in [0.2, 0.25) is 0 Å². The van der Waals surface area contributed by atoms with E-state index in [-0.39, 0.29) is 6.03 Å². The molecule has 0 bridgehead atoms. The number of carbonyl (C=O) groups is 1. The zero-order valence-electron chi connectivity index (χ0n) is 16.2. The number of nitrogens with one attached hydrogen (secondary N) is 3. The molecule has 0 aliphatic carbocycles. The number of methoxy groups -OCH3 is 2. The Bertz CT molecular complexity index is 1130. The van der Waals surface area contributed by atoms with Gasteiger partial charge >= 0.3 is 6.03 Å². The van der Waals surface area contributed by atoms with Gasteiger partial charge in [0.1, 0.15) is 11.5 Å². The van der Waals surface area contributed by atoms with Gasteiger partial charge in [0.25, 0.3) is 0 Å². The van der Waals surface area contributed by atoms with E-state index in [9.17, 15) is 4.79 Å². The van der Waals surface area contributed by atoms with Gasteiger partial charge < -0.3 is 25.1 Å². The molecule has 29 heavy (non-hydrogen) atoms. The van der Waals surface area contributed by atoms with E-state index in [0.29, 0.717) is 22.9 Å². The van der Waals surface area contributed by atoms with Crippen LogP contribution in [0.25, 0.3) is 22.2 Å². The lowest BCUT2D eigenvalue weighted by atomic mass is 10.1. The fourth-order valence-electron chi connectivity index (χ4n) is 3.22. The van der Waals surface area contributed by atoms with E-state index in [1.54, 1.807) is 32.4 Å². The number of benzene rings is 3. The minimum Gasteiger partial charge on any atom is -0.497 e. The molecule has 0 fully saturated rings. The highest BCUT2D eigenvalue weighted by atomic mass is 16.5. The van der Waals surface area contributed by atoms with Crippen LogP contribution in [-0.2, 0) is 0 Å². The highest BCUT2D eigenvalue weighted by Crippen LogP contribution is 2.31. The van der Waals surface area contributed by atoms with Crippen LogP contribution in [-0.4, -0.2) is 25.2 Å². The predicted molar refractivity (Wildman–Crippen MR) is 116 cm³/mol. The van der Waals surface area contributed by atoms with Gasteiger partial charge in [-0.15, -0.1) is 0 Å². The molecule has 1 heterocycles. The summed E-state index contributed by atoms with van der Waals surface area (Å²) in [5.41, 5.74) is 4.13. The van der Waals surface area contributed by atoms with Crippen molar-refractivity contribution in [1.29, 1.82) is 0 Å². The first-order chi connectivity index (χ1) is 14.2. The number of fused-ring (bicyclic) bond motifs is 1. The predicted octanol–water partition coefficient (Wildman–Crippen LogP) is 5.50. The van der Waals surface area contributed by atoms with E-state index in [0.717, 1.165) is 22.2 Å². The van der Waals surface area contributed by atoms with Crippen molar-refractivity contribution >= 4 is 28.3 Å². The summed E-state index contributed by atoms with van der Waals surface area (Å²) < 4.78 is 10.5. The van der Waals surface area contributed by atoms with Crippen LogP contribution < -0.4 is 20.1 Å². The number of hydrogen-bond acceptors (Lipinski definition) is 3. The summed E-state index contributed by atoms with van der Waals surface area (Å²) in [7, 11) is 3.12. The summed E-state index contributed by atoms with van der Waals surface area (Å²) >= 11 is 0. The number of ether oxygens (including phenoxy) is 2. The van der Waals surface area contributed by atoms with Crippen LogP contribution in [0.5, 0.6) is 11.5 Å². The largest absolute Gasteiger partial charge is 0.497 e. The van der Waals surface area contributed by atoms with Crippen LogP contribution in [0.15, 0.2) is 72.8 Å². The Morgan fingerprint density at radius 3 is 2.38 bits per heavy atom. The van der Waals surface area contributed by atoms with Crippen molar-refractivity contribution in [1.82, 2.24) is 4.98 Å². The molecule has 0 unspecified atom stereocenters. The molecule has 0 saturated carbocycles. The Balaban J connectivity index is 1.58. The molecule has 2 amide bonds. The first-order valence-electron chi connectivity index (χ1n) is 9.15. The number of urea groups is 1. The standard InChI is InChI=1S/C23H21N3O3/c1-28-16-11-12-20(22(14-16)29-2)26-23(27)25-19-10-6-4-8-17(19)21-13-15-7-3-5-9-18(15)24-21/h3-14,24H,1-2H3,(H2,25,26,27). The number of aromatic amines is 1. The maximum Gasteiger partial charge on any atom is 0.323 e. The van der Waals surface area contributed by atoms with Crippen molar-refractivity contribution in [3.63, 3.8) is 0 Å². The van der Waals surface area contributed by atoms with Gasteiger partial charge in [-0.3, -0.25) is 0 Å². The maximum absolute atomic E-state index is 12.6. The molecule has 4 aromatic rings. The molecule has 6 nitrogen and oxygen atoms in total. The molecule has 4 rings (SSSR count). The fourth-order valence-corrected chi connectivity index (χ4v) is 3.22. The summed E-state index contributed by atoms with van der Waals surface area (Å²) in [5, 5.41) is 6.87. The van der Waals surface area contributed by atoms with Crippen molar-refractivity contribution < 1.29 is 14.3 Å². The van der Waals surface area contributed by atoms with E-state index >= 15 is 0 Å². The zero-order chi connectivity index (χ0) is 20.2. The minimum absolute atomic E-state index is 0.364. The van der Waals surface area contributed by atoms with Gasteiger partial charge in [-0.25, -0.2) is 4.79 Å². The third-order valence-corrected chi connectivity index (χ3v) is 4.65. The quantitative estimate of drug-likeness (QED) is 0.423. The van der Waals surface area contributed by atoms with Crippen molar-refractivity contribution in [3.8, 4) is 22.8 Å². The number of amides is 2. The maximum atomic E-state index is 12.6. The molecule has 3 aromatic carbocycles. The molecular weight excluding hydrogens is 366 g/mol. The topological polar surface area (TPSA) is 75.4 Å². The molecule has 0 spiro atoms. The van der Waals surface area contributed by atoms with E-state index in [2.05, 4.69) is 21.7 Å². The molecular formula is C23H21N3O3. The number of para-hydroxylation sites is 2. The lowest BCUT2D eigenvalue weighted by molar-refractivity contribution is 0.262. The highest BCUT2D eigenvalue weighted by molar-refractivity contribution is 6.03. The monoisotopic (exact) mass is 387 g/mol.